The number of aryl methyl sites for hydroxylation is 1. The number of ketones is 1. The van der Waals surface area contributed by atoms with E-state index in [1.165, 1.54) is 30.5 Å². The van der Waals surface area contributed by atoms with Gasteiger partial charge in [0.1, 0.15) is 35.9 Å². The van der Waals surface area contributed by atoms with Crippen LogP contribution < -0.4 is 25.8 Å². The summed E-state index contributed by atoms with van der Waals surface area (Å²) in [6.45, 7) is 10.6. The largest absolute Gasteiger partial charge is 0.497 e. The summed E-state index contributed by atoms with van der Waals surface area (Å²) in [6.07, 6.45) is 3.91. The van der Waals surface area contributed by atoms with Gasteiger partial charge >= 0.3 is 18.0 Å². The number of nitrogens with one attached hydrogen (secondary N) is 2. The molecular formula is C37H48N9O9S2+. The van der Waals surface area contributed by atoms with Crippen molar-refractivity contribution < 1.29 is 47.7 Å². The van der Waals surface area contributed by atoms with Crippen LogP contribution in [0.3, 0.4) is 0 Å². The van der Waals surface area contributed by atoms with Gasteiger partial charge in [-0.3, -0.25) is 14.5 Å². The van der Waals surface area contributed by atoms with Crippen LogP contribution >= 0.6 is 23.3 Å². The van der Waals surface area contributed by atoms with E-state index in [1.54, 1.807) is 81.0 Å². The summed E-state index contributed by atoms with van der Waals surface area (Å²) < 4.78 is 24.1. The lowest BCUT2D eigenvalue weighted by Crippen LogP contribution is -2.62. The number of benzene rings is 1. The molecule has 20 heteroatoms. The lowest BCUT2D eigenvalue weighted by molar-refractivity contribution is -0.752. The monoisotopic (exact) mass is 826 g/mol. The number of oxime groups is 1. The topological polar surface area (TPSA) is 223 Å². The summed E-state index contributed by atoms with van der Waals surface area (Å²) in [7, 11) is 3.34. The van der Waals surface area contributed by atoms with E-state index < -0.39 is 46.1 Å². The van der Waals surface area contributed by atoms with E-state index in [9.17, 15) is 24.0 Å². The van der Waals surface area contributed by atoms with Gasteiger partial charge in [0.25, 0.3) is 0 Å². The Morgan fingerprint density at radius 2 is 1.84 bits per heavy atom. The summed E-state index contributed by atoms with van der Waals surface area (Å²) >= 11 is 2.23. The normalized spacial score (nSPS) is 17.0. The molecule has 0 radical (unpaired) electrons. The fourth-order valence-corrected chi connectivity index (χ4v) is 7.54. The van der Waals surface area contributed by atoms with Gasteiger partial charge in [0.15, 0.2) is 23.7 Å². The third kappa shape index (κ3) is 10.5. The average Bonchev–Trinajstić information content (AvgIpc) is 3.74. The first kappa shape index (κ1) is 42.6. The van der Waals surface area contributed by atoms with Crippen molar-refractivity contribution in [1.29, 1.82) is 0 Å². The highest BCUT2D eigenvalue weighted by atomic mass is 32.2. The second kappa shape index (κ2) is 17.7. The number of methoxy groups -OCH3 is 1. The van der Waals surface area contributed by atoms with Gasteiger partial charge in [-0.2, -0.15) is 14.0 Å². The van der Waals surface area contributed by atoms with Crippen molar-refractivity contribution in [2.45, 2.75) is 84.1 Å². The first-order chi connectivity index (χ1) is 26.9. The summed E-state index contributed by atoms with van der Waals surface area (Å²) in [4.78, 5) is 78.1. The Morgan fingerprint density at radius 1 is 1.12 bits per heavy atom. The molecule has 0 aliphatic carbocycles. The van der Waals surface area contributed by atoms with Gasteiger partial charge in [-0.1, -0.05) is 24.2 Å². The van der Waals surface area contributed by atoms with Gasteiger partial charge in [0, 0.05) is 30.3 Å². The van der Waals surface area contributed by atoms with Crippen LogP contribution in [0.4, 0.5) is 15.6 Å². The first-order valence-electron chi connectivity index (χ1n) is 18.1. The molecule has 2 aliphatic rings. The van der Waals surface area contributed by atoms with Crippen LogP contribution in [0.5, 0.6) is 5.75 Å². The zero-order chi connectivity index (χ0) is 41.7. The number of rotatable bonds is 16. The van der Waals surface area contributed by atoms with Gasteiger partial charge < -0.3 is 35.4 Å². The molecule has 1 aromatic carbocycles. The number of aromatic nitrogens is 4. The second-order valence-electron chi connectivity index (χ2n) is 14.8. The third-order valence-electron chi connectivity index (χ3n) is 8.62. The van der Waals surface area contributed by atoms with Crippen molar-refractivity contribution in [1.82, 2.24) is 24.3 Å². The molecule has 3 amide bonds. The lowest BCUT2D eigenvalue weighted by Gasteiger charge is -2.49. The SMILES string of the molecule is CCCNC(=O)Nc1cn(CC2=C(C(=O)OCc3ccc(OC)cc3)N3C(=O)[C@@H](CC(=O)/C(=N\OC(C)(C)C(=O)OC(C)(C)C)c4nsc(N)n4)[C@H]3SC2)[n+](C)c1. The number of amides is 3. The zero-order valence-electron chi connectivity index (χ0n) is 33.1. The minimum Gasteiger partial charge on any atom is -0.497 e. The maximum Gasteiger partial charge on any atom is 0.355 e. The molecule has 2 atom stereocenters. The quantitative estimate of drug-likeness (QED) is 0.0621. The Labute approximate surface area is 338 Å². The van der Waals surface area contributed by atoms with E-state index in [-0.39, 0.29) is 48.0 Å². The molecule has 1 fully saturated rings. The van der Waals surface area contributed by atoms with Crippen molar-refractivity contribution in [2.75, 3.05) is 30.5 Å². The summed E-state index contributed by atoms with van der Waals surface area (Å²) in [6, 6.07) is 6.69. The Kier molecular flexibility index (Phi) is 13.3. The van der Waals surface area contributed by atoms with Gasteiger partial charge in [-0.15, -0.1) is 16.4 Å². The van der Waals surface area contributed by atoms with Crippen molar-refractivity contribution in [3.63, 3.8) is 0 Å². The highest BCUT2D eigenvalue weighted by Gasteiger charge is 2.54. The maximum absolute atomic E-state index is 14.0. The molecule has 306 valence electrons. The molecule has 57 heavy (non-hydrogen) atoms. The number of ether oxygens (including phenoxy) is 3. The van der Waals surface area contributed by atoms with Crippen molar-refractivity contribution in [2.24, 2.45) is 18.1 Å². The van der Waals surface area contributed by atoms with Gasteiger partial charge in [0.05, 0.1) is 24.6 Å². The predicted molar refractivity (Wildman–Crippen MR) is 211 cm³/mol. The van der Waals surface area contributed by atoms with Gasteiger partial charge in [-0.05, 0) is 64.3 Å². The predicted octanol–water partition coefficient (Wildman–Crippen LogP) is 3.32. The van der Waals surface area contributed by atoms with Crippen LogP contribution in [0, 0.1) is 5.92 Å². The fraction of sp³-hybridized carbons (Fsp3) is 0.486. The molecule has 2 aromatic heterocycles. The maximum atomic E-state index is 14.0. The number of nitrogen functional groups attached to an aromatic ring is 1. The minimum absolute atomic E-state index is 0.0666. The minimum atomic E-state index is -1.60. The molecule has 1 saturated heterocycles. The number of anilines is 2. The molecule has 4 heterocycles. The lowest BCUT2D eigenvalue weighted by atomic mass is 9.89. The molecule has 4 N–H and O–H groups in total. The summed E-state index contributed by atoms with van der Waals surface area (Å²) in [5, 5.41) is 9.05. The smallest absolute Gasteiger partial charge is 0.355 e. The number of β-lactam (4-membered cyclic amide) rings is 1. The fourth-order valence-electron chi connectivity index (χ4n) is 5.70. The molecule has 5 rings (SSSR count). The second-order valence-corrected chi connectivity index (χ2v) is 16.7. The molecule has 3 aromatic rings. The van der Waals surface area contributed by atoms with Crippen LogP contribution in [0.1, 0.15) is 65.8 Å². The average molecular weight is 827 g/mol. The van der Waals surface area contributed by atoms with Crippen LogP contribution in [-0.2, 0) is 53.7 Å². The van der Waals surface area contributed by atoms with Gasteiger partial charge in [-0.25, -0.2) is 14.4 Å². The number of urea groups is 1. The molecule has 18 nitrogen and oxygen atoms in total. The number of nitrogens with two attached hydrogens (primary N) is 1. The highest BCUT2D eigenvalue weighted by molar-refractivity contribution is 8.00. The number of carbonyl (C=O) groups is 5. The van der Waals surface area contributed by atoms with Crippen LogP contribution in [0.15, 0.2) is 53.1 Å². The molecule has 0 spiro atoms. The number of hydrogen-bond donors (Lipinski definition) is 3. The standard InChI is InChI=1S/C37H47N9O9S2/c1-9-14-39-35(51)40-23-17-44(7)45(18-23)16-22-20-56-31-25(30(48)46(31)28(22)32(49)53-19-21-10-12-24(52-8)13-11-21)15-26(47)27(29-41-34(38)57-43-29)42-55-37(5,6)33(50)54-36(2,3)4/h10-13,17-18,25,31H,9,14-16,19-20H2,1-8H3,(H3-,38,39,40,41,43,51)/p+1/b42-27+/t25-,31-/m1/s1. The van der Waals surface area contributed by atoms with Crippen LogP contribution in [0.25, 0.3) is 0 Å². The third-order valence-corrected chi connectivity index (χ3v) is 10.6. The van der Waals surface area contributed by atoms with Crippen LogP contribution in [-0.4, -0.2) is 90.3 Å². The summed E-state index contributed by atoms with van der Waals surface area (Å²) in [5.74, 6) is -2.54. The van der Waals surface area contributed by atoms with E-state index in [2.05, 4.69) is 25.1 Å². The molecule has 0 unspecified atom stereocenters. The van der Waals surface area contributed by atoms with Crippen molar-refractivity contribution >= 4 is 69.5 Å². The number of hydrogen-bond acceptors (Lipinski definition) is 15. The van der Waals surface area contributed by atoms with Crippen molar-refractivity contribution in [3.8, 4) is 5.75 Å². The summed E-state index contributed by atoms with van der Waals surface area (Å²) in [5.41, 5.74) is 5.01. The van der Waals surface area contributed by atoms with E-state index in [0.29, 0.717) is 34.9 Å². The number of thioether (sulfide) groups is 1. The Hall–Kier alpha value is -5.50. The van der Waals surface area contributed by atoms with Gasteiger partial charge in [0.2, 0.25) is 23.5 Å². The molecular weight excluding hydrogens is 779 g/mol. The number of Topliss-reactive ketones (excluding diaryl/α,β-unsaturated/α-hetero) is 1. The zero-order valence-corrected chi connectivity index (χ0v) is 34.7. The Balaban J connectivity index is 1.39. The Bertz CT molecular complexity index is 2070. The number of nitrogens with zero attached hydrogens (tertiary/aromatic N) is 6. The number of carbonyl (C=O) groups excluding carboxylic acids is 5. The highest BCUT2D eigenvalue weighted by Crippen LogP contribution is 2.46. The molecule has 0 saturated carbocycles. The van der Waals surface area contributed by atoms with E-state index >= 15 is 0 Å². The Morgan fingerprint density at radius 3 is 2.47 bits per heavy atom. The van der Waals surface area contributed by atoms with Crippen molar-refractivity contribution in [3.05, 3.63) is 59.3 Å². The van der Waals surface area contributed by atoms with E-state index in [4.69, 9.17) is 24.8 Å². The molecule has 2 aliphatic heterocycles. The number of esters is 2. The van der Waals surface area contributed by atoms with E-state index in [0.717, 1.165) is 18.0 Å². The van der Waals surface area contributed by atoms with Crippen LogP contribution in [0.2, 0.25) is 0 Å². The number of fused-ring (bicyclic) bond motifs is 1. The van der Waals surface area contributed by atoms with E-state index in [1.807, 2.05) is 6.92 Å². The molecule has 0 bridgehead atoms. The first-order valence-corrected chi connectivity index (χ1v) is 19.9.